The molecule has 3 aromatic rings. The molecule has 0 spiro atoms. The van der Waals surface area contributed by atoms with Crippen LogP contribution in [0.1, 0.15) is 23.9 Å². The van der Waals surface area contributed by atoms with Crippen LogP contribution < -0.4 is 9.47 Å². The molecular weight excluding hydrogens is 364 g/mol. The first-order valence-corrected chi connectivity index (χ1v) is 9.14. The molecule has 0 aliphatic heterocycles. The lowest BCUT2D eigenvalue weighted by Gasteiger charge is -2.15. The average Bonchev–Trinajstić information content (AvgIpc) is 3.16. The predicted molar refractivity (Wildman–Crippen MR) is 113 cm³/mol. The van der Waals surface area contributed by atoms with Gasteiger partial charge in [-0.3, -0.25) is 0 Å². The van der Waals surface area contributed by atoms with E-state index in [1.807, 2.05) is 43.3 Å². The number of allylic oxidation sites excluding steroid dienone is 2. The van der Waals surface area contributed by atoms with Crippen molar-refractivity contribution in [2.75, 3.05) is 13.2 Å². The van der Waals surface area contributed by atoms with Crippen molar-refractivity contribution in [3.63, 3.8) is 0 Å². The van der Waals surface area contributed by atoms with E-state index < -0.39 is 0 Å². The maximum Gasteiger partial charge on any atom is 0.238 e. The van der Waals surface area contributed by atoms with Crippen molar-refractivity contribution in [3.8, 4) is 29.9 Å². The van der Waals surface area contributed by atoms with Crippen LogP contribution in [0.5, 0.6) is 11.5 Å². The minimum Gasteiger partial charge on any atom is -0.490 e. The number of nitrogens with zero attached hydrogens (tertiary/aromatic N) is 2. The molecule has 0 aliphatic rings. The Hall–Kier alpha value is -3.96. The second-order valence-electron chi connectivity index (χ2n) is 6.08. The average molecular weight is 384 g/mol. The van der Waals surface area contributed by atoms with Gasteiger partial charge in [0.15, 0.2) is 17.1 Å². The highest BCUT2D eigenvalue weighted by Crippen LogP contribution is 2.35. The Labute approximate surface area is 169 Å². The van der Waals surface area contributed by atoms with Gasteiger partial charge < -0.3 is 13.9 Å². The number of oxazole rings is 1. The third-order valence-electron chi connectivity index (χ3n) is 4.07. The Bertz CT molecular complexity index is 1110. The fourth-order valence-electron chi connectivity index (χ4n) is 2.91. The lowest BCUT2D eigenvalue weighted by molar-refractivity contribution is 0.297. The maximum absolute atomic E-state index is 9.67. The lowest BCUT2D eigenvalue weighted by atomic mass is 10.0. The third-order valence-corrected chi connectivity index (χ3v) is 4.07. The summed E-state index contributed by atoms with van der Waals surface area (Å²) < 4.78 is 17.2. The molecule has 0 saturated carbocycles. The topological polar surface area (TPSA) is 68.3 Å². The molecule has 144 valence electrons. The van der Waals surface area contributed by atoms with Gasteiger partial charge in [-0.05, 0) is 49.2 Å². The summed E-state index contributed by atoms with van der Waals surface area (Å²) in [7, 11) is 0. The van der Waals surface area contributed by atoms with Gasteiger partial charge in [0.25, 0.3) is 0 Å². The van der Waals surface area contributed by atoms with Crippen LogP contribution in [-0.4, -0.2) is 18.2 Å². The van der Waals surface area contributed by atoms with E-state index in [9.17, 15) is 5.26 Å². The molecule has 0 bridgehead atoms. The van der Waals surface area contributed by atoms with Crippen LogP contribution in [0.2, 0.25) is 0 Å². The van der Waals surface area contributed by atoms with E-state index in [2.05, 4.69) is 23.6 Å². The first-order chi connectivity index (χ1) is 14.2. The molecule has 0 fully saturated rings. The van der Waals surface area contributed by atoms with Crippen molar-refractivity contribution in [1.82, 2.24) is 4.98 Å². The van der Waals surface area contributed by atoms with Gasteiger partial charge in [0, 0.05) is 5.56 Å². The zero-order valence-corrected chi connectivity index (χ0v) is 16.1. The molecule has 1 heterocycles. The zero-order chi connectivity index (χ0) is 20.6. The van der Waals surface area contributed by atoms with Gasteiger partial charge >= 0.3 is 0 Å². The first kappa shape index (κ1) is 19.8. The molecule has 0 atom stereocenters. The molecule has 1 aromatic heterocycles. The summed E-state index contributed by atoms with van der Waals surface area (Å²) in [6, 6.07) is 13.3. The Morgan fingerprint density at radius 3 is 2.83 bits per heavy atom. The Morgan fingerprint density at radius 2 is 2.14 bits per heavy atom. The van der Waals surface area contributed by atoms with Gasteiger partial charge in [0.2, 0.25) is 5.89 Å². The highest BCUT2D eigenvalue weighted by molar-refractivity contribution is 5.89. The molecule has 0 radical (unpaired) electrons. The van der Waals surface area contributed by atoms with Crippen LogP contribution in [0.3, 0.4) is 0 Å². The van der Waals surface area contributed by atoms with Gasteiger partial charge in [0.05, 0.1) is 6.61 Å². The number of fused-ring (bicyclic) bond motifs is 1. The number of terminal acetylenes is 1. The van der Waals surface area contributed by atoms with Crippen LogP contribution in [0.25, 0.3) is 22.7 Å². The largest absolute Gasteiger partial charge is 0.490 e. The predicted octanol–water partition coefficient (Wildman–Crippen LogP) is 5.03. The molecule has 5 nitrogen and oxygen atoms in total. The molecule has 0 N–H and O–H groups in total. The number of hydrogen-bond acceptors (Lipinski definition) is 5. The molecule has 3 rings (SSSR count). The smallest absolute Gasteiger partial charge is 0.238 e. The monoisotopic (exact) mass is 384 g/mol. The second kappa shape index (κ2) is 9.30. The molecule has 0 aliphatic carbocycles. The third kappa shape index (κ3) is 4.48. The molecule has 0 amide bonds. The van der Waals surface area contributed by atoms with E-state index in [1.165, 1.54) is 0 Å². The van der Waals surface area contributed by atoms with Crippen molar-refractivity contribution in [2.45, 2.75) is 13.3 Å². The molecule has 2 aromatic carbocycles. The van der Waals surface area contributed by atoms with Crippen LogP contribution in [0, 0.1) is 23.7 Å². The number of aromatic nitrogens is 1. The maximum atomic E-state index is 9.67. The fourth-order valence-corrected chi connectivity index (χ4v) is 2.91. The van der Waals surface area contributed by atoms with Crippen LogP contribution >= 0.6 is 0 Å². The van der Waals surface area contributed by atoms with E-state index in [4.69, 9.17) is 20.3 Å². The quantitative estimate of drug-likeness (QED) is 0.309. The standard InChI is InChI=1S/C24H20N2O3/c1-4-9-18-13-17(15-22(27-6-3)23(18)28-12-5-2)14-19(16-25)24-26-20-10-7-8-11-21(20)29-24/h2,4,7-8,10-11,13-15H,1,6,9,12H2,3H3/b19-14+. The lowest BCUT2D eigenvalue weighted by Crippen LogP contribution is -2.03. The van der Waals surface area contributed by atoms with Gasteiger partial charge in [-0.15, -0.1) is 13.0 Å². The molecule has 0 saturated heterocycles. The minimum absolute atomic E-state index is 0.131. The number of nitriles is 1. The summed E-state index contributed by atoms with van der Waals surface area (Å²) in [5, 5.41) is 9.67. The van der Waals surface area contributed by atoms with Crippen molar-refractivity contribution in [2.24, 2.45) is 0 Å². The van der Waals surface area contributed by atoms with E-state index in [-0.39, 0.29) is 12.5 Å². The summed E-state index contributed by atoms with van der Waals surface area (Å²) in [6.07, 6.45) is 9.38. The second-order valence-corrected chi connectivity index (χ2v) is 6.08. The van der Waals surface area contributed by atoms with Crippen molar-refractivity contribution < 1.29 is 13.9 Å². The van der Waals surface area contributed by atoms with Gasteiger partial charge in [-0.1, -0.05) is 24.1 Å². The number of para-hydroxylation sites is 2. The molecule has 5 heteroatoms. The van der Waals surface area contributed by atoms with Crippen LogP contribution in [-0.2, 0) is 6.42 Å². The van der Waals surface area contributed by atoms with E-state index in [1.54, 1.807) is 12.2 Å². The van der Waals surface area contributed by atoms with Crippen molar-refractivity contribution in [3.05, 3.63) is 66.1 Å². The summed E-state index contributed by atoms with van der Waals surface area (Å²) in [5.74, 6) is 3.88. The van der Waals surface area contributed by atoms with Crippen molar-refractivity contribution in [1.29, 1.82) is 5.26 Å². The molecular formula is C24H20N2O3. The number of benzene rings is 2. The number of hydrogen-bond donors (Lipinski definition) is 0. The zero-order valence-electron chi connectivity index (χ0n) is 16.1. The Kier molecular flexibility index (Phi) is 6.35. The highest BCUT2D eigenvalue weighted by atomic mass is 16.5. The summed E-state index contributed by atoms with van der Waals surface area (Å²) >= 11 is 0. The van der Waals surface area contributed by atoms with Gasteiger partial charge in [-0.2, -0.15) is 5.26 Å². The van der Waals surface area contributed by atoms with E-state index >= 15 is 0 Å². The molecule has 29 heavy (non-hydrogen) atoms. The highest BCUT2D eigenvalue weighted by Gasteiger charge is 2.15. The first-order valence-electron chi connectivity index (χ1n) is 9.14. The van der Waals surface area contributed by atoms with Crippen molar-refractivity contribution >= 4 is 22.7 Å². The number of rotatable bonds is 8. The summed E-state index contributed by atoms with van der Waals surface area (Å²) in [4.78, 5) is 4.40. The van der Waals surface area contributed by atoms with Gasteiger partial charge in [-0.25, -0.2) is 4.98 Å². The fraction of sp³-hybridized carbons (Fsp3) is 0.167. The Balaban J connectivity index is 2.08. The minimum atomic E-state index is 0.131. The number of ether oxygens (including phenoxy) is 2. The Morgan fingerprint density at radius 1 is 1.31 bits per heavy atom. The normalized spacial score (nSPS) is 10.9. The molecule has 0 unspecified atom stereocenters. The summed E-state index contributed by atoms with van der Waals surface area (Å²) in [6.45, 7) is 6.28. The van der Waals surface area contributed by atoms with Crippen LogP contribution in [0.15, 0.2) is 53.5 Å². The SMILES string of the molecule is C#CCOc1c(CC=C)cc(/C=C(\C#N)c2nc3ccccc3o2)cc1OCC. The van der Waals surface area contributed by atoms with Crippen LogP contribution in [0.4, 0.5) is 0 Å². The van der Waals surface area contributed by atoms with E-state index in [0.717, 1.165) is 11.1 Å². The van der Waals surface area contributed by atoms with Gasteiger partial charge in [0.1, 0.15) is 23.8 Å². The summed E-state index contributed by atoms with van der Waals surface area (Å²) in [5.41, 5.74) is 3.26. The van der Waals surface area contributed by atoms with E-state index in [0.29, 0.717) is 41.2 Å².